The molecule has 2 aromatic carbocycles. The van der Waals surface area contributed by atoms with Crippen LogP contribution in [0.15, 0.2) is 18.2 Å². The fourth-order valence-corrected chi connectivity index (χ4v) is 6.96. The Labute approximate surface area is 252 Å². The third kappa shape index (κ3) is 4.79. The third-order valence-corrected chi connectivity index (χ3v) is 9.24. The summed E-state index contributed by atoms with van der Waals surface area (Å²) in [6.45, 7) is 2.83. The number of carbonyl (C=O) groups is 3. The standard InChI is InChI=1S/C31H35NO12/c1-14-26(35)17(32-6-8-42-9-7-32)10-21(43-14)44-19-12-31(40,20(34)13-33)11-16-23(19)30(39)25-24(28(16)37)27(36)15-4-3-5-18(41-2)22(15)29(25)38/h3-5,14,17,19,21,26,33,35,37,39-40H,6-13H2,1-2H3/t14-,17-,19+,21-,26+,31+/m1/s1. The molecule has 2 aliphatic heterocycles. The molecule has 13 nitrogen and oxygen atoms in total. The number of phenols is 2. The molecule has 2 fully saturated rings. The number of carbonyl (C=O) groups excluding carboxylic acids is 3. The molecule has 2 aromatic rings. The van der Waals surface area contributed by atoms with Crippen molar-refractivity contribution in [2.75, 3.05) is 40.0 Å². The van der Waals surface area contributed by atoms with E-state index in [1.54, 1.807) is 6.92 Å². The summed E-state index contributed by atoms with van der Waals surface area (Å²) in [4.78, 5) is 42.3. The zero-order chi connectivity index (χ0) is 31.5. The van der Waals surface area contributed by atoms with E-state index in [-0.39, 0.29) is 40.5 Å². The molecule has 6 atom stereocenters. The molecule has 4 aliphatic rings. The predicted octanol–water partition coefficient (Wildman–Crippen LogP) is 0.375. The van der Waals surface area contributed by atoms with Crippen molar-refractivity contribution in [2.24, 2.45) is 0 Å². The summed E-state index contributed by atoms with van der Waals surface area (Å²) in [5, 5.41) is 55.2. The Morgan fingerprint density at radius 3 is 2.48 bits per heavy atom. The van der Waals surface area contributed by atoms with E-state index >= 15 is 0 Å². The van der Waals surface area contributed by atoms with Gasteiger partial charge in [-0.3, -0.25) is 19.3 Å². The number of hydrogen-bond acceptors (Lipinski definition) is 13. The molecule has 0 aromatic heterocycles. The van der Waals surface area contributed by atoms with Crippen molar-refractivity contribution >= 4 is 17.3 Å². The lowest BCUT2D eigenvalue weighted by molar-refractivity contribution is -0.260. The highest BCUT2D eigenvalue weighted by Crippen LogP contribution is 2.52. The van der Waals surface area contributed by atoms with Crippen LogP contribution in [0.5, 0.6) is 17.2 Å². The van der Waals surface area contributed by atoms with Gasteiger partial charge in [-0.15, -0.1) is 0 Å². The second-order valence-corrected chi connectivity index (χ2v) is 11.7. The number of rotatable bonds is 6. The number of morpholine rings is 1. The van der Waals surface area contributed by atoms with Crippen molar-refractivity contribution in [2.45, 2.75) is 62.4 Å². The van der Waals surface area contributed by atoms with Crippen molar-refractivity contribution in [1.82, 2.24) is 4.90 Å². The van der Waals surface area contributed by atoms with E-state index in [4.69, 9.17) is 18.9 Å². The van der Waals surface area contributed by atoms with Crippen LogP contribution in [-0.4, -0.2) is 118 Å². The Kier molecular flexibility index (Phi) is 7.99. The molecule has 5 N–H and O–H groups in total. The first-order chi connectivity index (χ1) is 21.0. The molecule has 0 spiro atoms. The van der Waals surface area contributed by atoms with Crippen LogP contribution >= 0.6 is 0 Å². The number of methoxy groups -OCH3 is 1. The van der Waals surface area contributed by atoms with Crippen molar-refractivity contribution in [3.63, 3.8) is 0 Å². The number of benzene rings is 2. The van der Waals surface area contributed by atoms with E-state index in [1.807, 2.05) is 0 Å². The molecule has 2 saturated heterocycles. The van der Waals surface area contributed by atoms with Crippen LogP contribution in [-0.2, 0) is 25.4 Å². The van der Waals surface area contributed by atoms with Crippen LogP contribution in [0, 0.1) is 0 Å². The van der Waals surface area contributed by atoms with Crippen molar-refractivity contribution in [3.05, 3.63) is 51.6 Å². The van der Waals surface area contributed by atoms with Crippen LogP contribution in [0.2, 0.25) is 0 Å². The van der Waals surface area contributed by atoms with E-state index in [0.717, 1.165) is 0 Å². The summed E-state index contributed by atoms with van der Waals surface area (Å²) in [5.74, 6) is -3.68. The molecule has 0 bridgehead atoms. The van der Waals surface area contributed by atoms with E-state index in [2.05, 4.69) is 4.90 Å². The Morgan fingerprint density at radius 2 is 1.80 bits per heavy atom. The minimum absolute atomic E-state index is 0.0425. The summed E-state index contributed by atoms with van der Waals surface area (Å²) in [7, 11) is 1.34. The summed E-state index contributed by atoms with van der Waals surface area (Å²) in [5.41, 5.74) is -3.52. The Bertz CT molecular complexity index is 1520. The number of ether oxygens (including phenoxy) is 4. The number of fused-ring (bicyclic) bond motifs is 3. The lowest BCUT2D eigenvalue weighted by Crippen LogP contribution is -2.58. The SMILES string of the molecule is COc1cccc2c1C(=O)c1c(O)c3c(c(O)c1C2=O)C[C@@](O)(C(=O)CO)C[C@@H]3O[C@@H]1C[C@@H](N2CCOCC2)[C@@H](O)[C@@H](C)O1. The fraction of sp³-hybridized carbons (Fsp3) is 0.516. The second kappa shape index (κ2) is 11.5. The normalized spacial score (nSPS) is 30.3. The molecule has 13 heteroatoms. The van der Waals surface area contributed by atoms with Crippen molar-refractivity contribution in [3.8, 4) is 17.2 Å². The molecular formula is C31H35NO12. The first-order valence-electron chi connectivity index (χ1n) is 14.5. The van der Waals surface area contributed by atoms with Gasteiger partial charge in [-0.25, -0.2) is 0 Å². The Hall–Kier alpha value is -3.43. The van der Waals surface area contributed by atoms with Gasteiger partial charge in [0.15, 0.2) is 17.9 Å². The van der Waals surface area contributed by atoms with Crippen LogP contribution in [0.25, 0.3) is 0 Å². The van der Waals surface area contributed by atoms with Gasteiger partial charge in [0.2, 0.25) is 5.78 Å². The number of aromatic hydroxyl groups is 2. The van der Waals surface area contributed by atoms with Gasteiger partial charge >= 0.3 is 0 Å². The third-order valence-electron chi connectivity index (χ3n) is 9.24. The van der Waals surface area contributed by atoms with E-state index in [0.29, 0.717) is 26.3 Å². The molecule has 0 radical (unpaired) electrons. The molecule has 44 heavy (non-hydrogen) atoms. The maximum Gasteiger partial charge on any atom is 0.202 e. The number of phenolic OH excluding ortho intramolecular Hbond substituents is 2. The average Bonchev–Trinajstić information content (AvgIpc) is 3.02. The zero-order valence-electron chi connectivity index (χ0n) is 24.3. The Balaban J connectivity index is 1.45. The maximum absolute atomic E-state index is 13.8. The van der Waals surface area contributed by atoms with Crippen LogP contribution in [0.1, 0.15) is 68.8 Å². The minimum Gasteiger partial charge on any atom is -0.507 e. The fourth-order valence-electron chi connectivity index (χ4n) is 6.96. The van der Waals surface area contributed by atoms with Crippen LogP contribution in [0.4, 0.5) is 0 Å². The second-order valence-electron chi connectivity index (χ2n) is 11.7. The summed E-state index contributed by atoms with van der Waals surface area (Å²) in [6, 6.07) is 4.04. The largest absolute Gasteiger partial charge is 0.507 e. The van der Waals surface area contributed by atoms with Gasteiger partial charge in [-0.1, -0.05) is 12.1 Å². The highest BCUT2D eigenvalue weighted by atomic mass is 16.7. The van der Waals surface area contributed by atoms with Gasteiger partial charge in [0, 0.05) is 55.1 Å². The molecule has 2 aliphatic carbocycles. The minimum atomic E-state index is -2.24. The van der Waals surface area contributed by atoms with Gasteiger partial charge in [0.05, 0.1) is 55.3 Å². The number of aliphatic hydroxyl groups excluding tert-OH is 2. The molecule has 236 valence electrons. The molecule has 0 unspecified atom stereocenters. The van der Waals surface area contributed by atoms with Crippen molar-refractivity contribution < 1.29 is 58.9 Å². The zero-order valence-corrected chi connectivity index (χ0v) is 24.3. The lowest BCUT2D eigenvalue weighted by atomic mass is 9.72. The number of ketones is 3. The first kappa shape index (κ1) is 30.6. The quantitative estimate of drug-likeness (QED) is 0.240. The first-order valence-corrected chi connectivity index (χ1v) is 14.5. The van der Waals surface area contributed by atoms with Gasteiger partial charge in [0.1, 0.15) is 29.5 Å². The molecule has 2 heterocycles. The van der Waals surface area contributed by atoms with Crippen LogP contribution < -0.4 is 4.74 Å². The smallest absolute Gasteiger partial charge is 0.202 e. The molecule has 0 amide bonds. The molecular weight excluding hydrogens is 578 g/mol. The summed E-state index contributed by atoms with van der Waals surface area (Å²) < 4.78 is 23.0. The maximum atomic E-state index is 13.8. The van der Waals surface area contributed by atoms with E-state index < -0.39 is 89.6 Å². The summed E-state index contributed by atoms with van der Waals surface area (Å²) in [6.07, 6.45) is -4.66. The van der Waals surface area contributed by atoms with Gasteiger partial charge in [0.25, 0.3) is 0 Å². The van der Waals surface area contributed by atoms with E-state index in [9.17, 15) is 39.9 Å². The van der Waals surface area contributed by atoms with Crippen LogP contribution in [0.3, 0.4) is 0 Å². The predicted molar refractivity (Wildman–Crippen MR) is 150 cm³/mol. The van der Waals surface area contributed by atoms with Gasteiger partial charge in [-0.2, -0.15) is 0 Å². The highest BCUT2D eigenvalue weighted by molar-refractivity contribution is 6.31. The van der Waals surface area contributed by atoms with Gasteiger partial charge < -0.3 is 44.5 Å². The topological polar surface area (TPSA) is 193 Å². The lowest BCUT2D eigenvalue weighted by Gasteiger charge is -2.46. The number of aliphatic hydroxyl groups is 3. The Morgan fingerprint density at radius 1 is 1.09 bits per heavy atom. The number of Topliss-reactive ketones (excluding diaryl/α,β-unsaturated/α-hetero) is 1. The molecule has 6 rings (SSSR count). The average molecular weight is 614 g/mol. The highest BCUT2D eigenvalue weighted by Gasteiger charge is 2.50. The number of nitrogens with zero attached hydrogens (tertiary/aromatic N) is 1. The van der Waals surface area contributed by atoms with E-state index in [1.165, 1.54) is 25.3 Å². The van der Waals surface area contributed by atoms with Crippen molar-refractivity contribution in [1.29, 1.82) is 0 Å². The monoisotopic (exact) mass is 613 g/mol. The number of hydrogen-bond donors (Lipinski definition) is 5. The molecule has 0 saturated carbocycles. The van der Waals surface area contributed by atoms with Gasteiger partial charge in [-0.05, 0) is 13.0 Å². The summed E-state index contributed by atoms with van der Waals surface area (Å²) >= 11 is 0.